The number of nitrogens with two attached hydrogens (primary N) is 1. The third-order valence-corrected chi connectivity index (χ3v) is 5.15. The van der Waals surface area contributed by atoms with E-state index >= 15 is 0 Å². The summed E-state index contributed by atoms with van der Waals surface area (Å²) in [5, 5.41) is 2.99. The second-order valence-corrected chi connectivity index (χ2v) is 6.82. The van der Waals surface area contributed by atoms with E-state index in [0.717, 1.165) is 34.7 Å². The SMILES string of the molecule is CCc1cccc(C)c1NC(=O)C(CC)Sc1cccc(N)c1. The number of thioether (sulfide) groups is 1. The van der Waals surface area contributed by atoms with Crippen LogP contribution in [-0.4, -0.2) is 11.2 Å². The minimum absolute atomic E-state index is 0.0453. The molecule has 0 spiro atoms. The van der Waals surface area contributed by atoms with Gasteiger partial charge in [0, 0.05) is 16.3 Å². The molecular weight excluding hydrogens is 304 g/mol. The van der Waals surface area contributed by atoms with Gasteiger partial charge in [0.25, 0.3) is 0 Å². The first-order chi connectivity index (χ1) is 11.0. The van der Waals surface area contributed by atoms with E-state index in [-0.39, 0.29) is 11.2 Å². The van der Waals surface area contributed by atoms with Gasteiger partial charge in [-0.15, -0.1) is 11.8 Å². The predicted molar refractivity (Wildman–Crippen MR) is 100.0 cm³/mol. The van der Waals surface area contributed by atoms with Gasteiger partial charge in [-0.3, -0.25) is 4.79 Å². The average molecular weight is 328 g/mol. The summed E-state index contributed by atoms with van der Waals surface area (Å²) in [7, 11) is 0. The summed E-state index contributed by atoms with van der Waals surface area (Å²) in [6.45, 7) is 6.16. The number of hydrogen-bond donors (Lipinski definition) is 2. The van der Waals surface area contributed by atoms with E-state index in [2.05, 4.69) is 18.3 Å². The van der Waals surface area contributed by atoms with Crippen LogP contribution in [0.4, 0.5) is 11.4 Å². The van der Waals surface area contributed by atoms with Crippen LogP contribution in [0.1, 0.15) is 31.4 Å². The number of hydrogen-bond acceptors (Lipinski definition) is 3. The highest BCUT2D eigenvalue weighted by Crippen LogP contribution is 2.29. The number of nitrogen functional groups attached to an aromatic ring is 1. The van der Waals surface area contributed by atoms with Crippen molar-refractivity contribution >= 4 is 29.0 Å². The number of nitrogens with one attached hydrogen (secondary N) is 1. The molecule has 0 aromatic heterocycles. The maximum absolute atomic E-state index is 12.7. The van der Waals surface area contributed by atoms with E-state index in [0.29, 0.717) is 0 Å². The monoisotopic (exact) mass is 328 g/mol. The first-order valence-electron chi connectivity index (χ1n) is 7.96. The van der Waals surface area contributed by atoms with Crippen LogP contribution in [0, 0.1) is 6.92 Å². The first kappa shape index (κ1) is 17.4. The molecule has 0 saturated heterocycles. The van der Waals surface area contributed by atoms with Crippen molar-refractivity contribution in [3.63, 3.8) is 0 Å². The van der Waals surface area contributed by atoms with Gasteiger partial charge in [-0.2, -0.15) is 0 Å². The van der Waals surface area contributed by atoms with Gasteiger partial charge in [-0.25, -0.2) is 0 Å². The molecule has 0 heterocycles. The normalized spacial score (nSPS) is 12.0. The molecule has 2 rings (SSSR count). The lowest BCUT2D eigenvalue weighted by Crippen LogP contribution is -2.25. The van der Waals surface area contributed by atoms with Gasteiger partial charge in [-0.1, -0.05) is 38.1 Å². The topological polar surface area (TPSA) is 55.1 Å². The van der Waals surface area contributed by atoms with Crippen LogP contribution in [0.3, 0.4) is 0 Å². The summed E-state index contributed by atoms with van der Waals surface area (Å²) < 4.78 is 0. The fourth-order valence-corrected chi connectivity index (χ4v) is 3.50. The fourth-order valence-electron chi connectivity index (χ4n) is 2.48. The average Bonchev–Trinajstić information content (AvgIpc) is 2.54. The fraction of sp³-hybridized carbons (Fsp3) is 0.316. The Kier molecular flexibility index (Phi) is 6.11. The lowest BCUT2D eigenvalue weighted by atomic mass is 10.1. The maximum atomic E-state index is 12.7. The van der Waals surface area contributed by atoms with Crippen LogP contribution in [0.15, 0.2) is 47.4 Å². The number of para-hydroxylation sites is 1. The van der Waals surface area contributed by atoms with E-state index in [1.807, 2.05) is 50.2 Å². The van der Waals surface area contributed by atoms with Crippen molar-refractivity contribution < 1.29 is 4.79 Å². The molecule has 3 N–H and O–H groups in total. The molecule has 1 amide bonds. The van der Waals surface area contributed by atoms with Gasteiger partial charge in [0.2, 0.25) is 5.91 Å². The molecule has 4 heteroatoms. The van der Waals surface area contributed by atoms with Crippen molar-refractivity contribution in [2.45, 2.75) is 43.8 Å². The summed E-state index contributed by atoms with van der Waals surface area (Å²) >= 11 is 1.56. The molecule has 0 aliphatic heterocycles. The summed E-state index contributed by atoms with van der Waals surface area (Å²) in [4.78, 5) is 13.7. The smallest absolute Gasteiger partial charge is 0.237 e. The lowest BCUT2D eigenvalue weighted by Gasteiger charge is -2.18. The standard InChI is InChI=1S/C19H24N2OS/c1-4-14-9-6-8-13(3)18(14)21-19(22)17(5-2)23-16-11-7-10-15(20)12-16/h6-12,17H,4-5,20H2,1-3H3,(H,21,22). The van der Waals surface area contributed by atoms with Gasteiger partial charge in [-0.05, 0) is 49.1 Å². The molecule has 3 nitrogen and oxygen atoms in total. The highest BCUT2D eigenvalue weighted by Gasteiger charge is 2.19. The zero-order valence-electron chi connectivity index (χ0n) is 13.9. The third kappa shape index (κ3) is 4.52. The summed E-state index contributed by atoms with van der Waals surface area (Å²) in [5.74, 6) is 0.0453. The second kappa shape index (κ2) is 8.06. The minimum atomic E-state index is -0.138. The van der Waals surface area contributed by atoms with Gasteiger partial charge < -0.3 is 11.1 Å². The van der Waals surface area contributed by atoms with E-state index in [4.69, 9.17) is 5.73 Å². The molecular formula is C19H24N2OS. The maximum Gasteiger partial charge on any atom is 0.237 e. The Labute approximate surface area is 142 Å². The summed E-state index contributed by atoms with van der Waals surface area (Å²) in [5.41, 5.74) is 9.76. The van der Waals surface area contributed by atoms with Crippen LogP contribution < -0.4 is 11.1 Å². The number of carbonyl (C=O) groups excluding carboxylic acids is 1. The van der Waals surface area contributed by atoms with Gasteiger partial charge >= 0.3 is 0 Å². The minimum Gasteiger partial charge on any atom is -0.399 e. The Balaban J connectivity index is 2.15. The van der Waals surface area contributed by atoms with Crippen LogP contribution in [0.25, 0.3) is 0 Å². The second-order valence-electron chi connectivity index (χ2n) is 5.54. The number of carbonyl (C=O) groups is 1. The number of aryl methyl sites for hydroxylation is 2. The van der Waals surface area contributed by atoms with Gasteiger partial charge in [0.1, 0.15) is 0 Å². The van der Waals surface area contributed by atoms with Crippen LogP contribution >= 0.6 is 11.8 Å². The van der Waals surface area contributed by atoms with Crippen molar-refractivity contribution in [2.24, 2.45) is 0 Å². The molecule has 23 heavy (non-hydrogen) atoms. The lowest BCUT2D eigenvalue weighted by molar-refractivity contribution is -0.115. The Morgan fingerprint density at radius 2 is 1.96 bits per heavy atom. The largest absolute Gasteiger partial charge is 0.399 e. The van der Waals surface area contributed by atoms with Crippen LogP contribution in [-0.2, 0) is 11.2 Å². The first-order valence-corrected chi connectivity index (χ1v) is 8.84. The third-order valence-electron chi connectivity index (χ3n) is 3.79. The molecule has 2 aromatic carbocycles. The highest BCUT2D eigenvalue weighted by molar-refractivity contribution is 8.00. The highest BCUT2D eigenvalue weighted by atomic mass is 32.2. The van der Waals surface area contributed by atoms with Gasteiger partial charge in [0.15, 0.2) is 0 Å². The Morgan fingerprint density at radius 1 is 1.22 bits per heavy atom. The summed E-state index contributed by atoms with van der Waals surface area (Å²) in [6, 6.07) is 13.8. The van der Waals surface area contributed by atoms with E-state index < -0.39 is 0 Å². The Bertz CT molecular complexity index is 685. The molecule has 0 radical (unpaired) electrons. The quantitative estimate of drug-likeness (QED) is 0.599. The molecule has 0 bridgehead atoms. The van der Waals surface area contributed by atoms with Crippen molar-refractivity contribution in [3.05, 3.63) is 53.6 Å². The predicted octanol–water partition coefficient (Wildman–Crippen LogP) is 4.65. The number of amides is 1. The van der Waals surface area contributed by atoms with E-state index in [1.54, 1.807) is 11.8 Å². The zero-order valence-corrected chi connectivity index (χ0v) is 14.7. The molecule has 122 valence electrons. The molecule has 0 fully saturated rings. The zero-order chi connectivity index (χ0) is 16.8. The Hall–Kier alpha value is -1.94. The molecule has 0 aliphatic carbocycles. The van der Waals surface area contributed by atoms with E-state index in [9.17, 15) is 4.79 Å². The van der Waals surface area contributed by atoms with E-state index in [1.165, 1.54) is 5.56 Å². The van der Waals surface area contributed by atoms with Crippen LogP contribution in [0.5, 0.6) is 0 Å². The van der Waals surface area contributed by atoms with Crippen molar-refractivity contribution in [1.29, 1.82) is 0 Å². The molecule has 1 unspecified atom stereocenters. The number of anilines is 2. The number of benzene rings is 2. The van der Waals surface area contributed by atoms with Crippen LogP contribution in [0.2, 0.25) is 0 Å². The molecule has 0 saturated carbocycles. The summed E-state index contributed by atoms with van der Waals surface area (Å²) in [6.07, 6.45) is 1.66. The van der Waals surface area contributed by atoms with Crippen molar-refractivity contribution in [3.8, 4) is 0 Å². The molecule has 1 atom stereocenters. The molecule has 2 aromatic rings. The van der Waals surface area contributed by atoms with Gasteiger partial charge in [0.05, 0.1) is 5.25 Å². The molecule has 0 aliphatic rings. The Morgan fingerprint density at radius 3 is 2.61 bits per heavy atom. The van der Waals surface area contributed by atoms with Crippen molar-refractivity contribution in [2.75, 3.05) is 11.1 Å². The number of rotatable bonds is 6. The van der Waals surface area contributed by atoms with Crippen molar-refractivity contribution in [1.82, 2.24) is 0 Å².